The number of rotatable bonds is 1. The molecule has 1 aromatic carbocycles. The monoisotopic (exact) mass is 224 g/mol. The average molecular weight is 224 g/mol. The van der Waals surface area contributed by atoms with Crippen molar-refractivity contribution in [1.82, 2.24) is 0 Å². The third-order valence-corrected chi connectivity index (χ3v) is 4.45. The fraction of sp³-hybridized carbons (Fsp3) is 0.412. The van der Waals surface area contributed by atoms with E-state index in [-0.39, 0.29) is 0 Å². The molecule has 2 aliphatic carbocycles. The minimum absolute atomic E-state index is 0.445. The van der Waals surface area contributed by atoms with Crippen molar-refractivity contribution in [3.8, 4) is 0 Å². The normalized spacial score (nSPS) is 26.1. The molecule has 0 aliphatic heterocycles. The van der Waals surface area contributed by atoms with Crippen molar-refractivity contribution in [3.63, 3.8) is 0 Å². The summed E-state index contributed by atoms with van der Waals surface area (Å²) in [5.74, 6) is 0. The van der Waals surface area contributed by atoms with E-state index in [1.165, 1.54) is 24.8 Å². The molecule has 3 rings (SSSR count). The molecule has 2 aliphatic rings. The van der Waals surface area contributed by atoms with Crippen molar-refractivity contribution in [3.05, 3.63) is 52.6 Å². The minimum Gasteiger partial charge on any atom is -0.0652 e. The molecule has 17 heavy (non-hydrogen) atoms. The maximum atomic E-state index is 2.44. The Balaban J connectivity index is 2.18. The van der Waals surface area contributed by atoms with Crippen LogP contribution in [0.1, 0.15) is 43.4 Å². The molecular weight excluding hydrogens is 204 g/mol. The van der Waals surface area contributed by atoms with Gasteiger partial charge in [0.1, 0.15) is 0 Å². The molecule has 88 valence electrons. The van der Waals surface area contributed by atoms with Crippen LogP contribution in [0.4, 0.5) is 0 Å². The van der Waals surface area contributed by atoms with Crippen LogP contribution in [0.5, 0.6) is 0 Å². The second-order valence-electron chi connectivity index (χ2n) is 5.86. The van der Waals surface area contributed by atoms with E-state index in [2.05, 4.69) is 50.3 Å². The summed E-state index contributed by atoms with van der Waals surface area (Å²) in [6.45, 7) is 4.77. The van der Waals surface area contributed by atoms with Crippen LogP contribution in [-0.4, -0.2) is 0 Å². The van der Waals surface area contributed by atoms with E-state index in [9.17, 15) is 0 Å². The van der Waals surface area contributed by atoms with Gasteiger partial charge < -0.3 is 0 Å². The molecule has 2 bridgehead atoms. The standard InChI is InChI=1S/C17H20/c1-3-17(2)11-13-6-4-7-14-8-5-9-15(12-17)16(14)10-13/h4-9H,3,10-12H2,1-2H3. The molecule has 1 aromatic rings. The Kier molecular flexibility index (Phi) is 2.47. The molecule has 1 atom stereocenters. The minimum atomic E-state index is 0.445. The van der Waals surface area contributed by atoms with Crippen LogP contribution in [0.3, 0.4) is 0 Å². The van der Waals surface area contributed by atoms with E-state index in [1.807, 2.05) is 0 Å². The van der Waals surface area contributed by atoms with Crippen LogP contribution >= 0.6 is 0 Å². The molecule has 0 heteroatoms. The Morgan fingerprint density at radius 1 is 1.24 bits per heavy atom. The van der Waals surface area contributed by atoms with Gasteiger partial charge in [-0.05, 0) is 41.4 Å². The fourth-order valence-corrected chi connectivity index (χ4v) is 3.21. The topological polar surface area (TPSA) is 0 Å². The largest absolute Gasteiger partial charge is 0.0652 e. The van der Waals surface area contributed by atoms with Crippen molar-refractivity contribution in [2.75, 3.05) is 0 Å². The number of fused-ring (bicyclic) bond motifs is 1. The first-order chi connectivity index (χ1) is 8.20. The molecule has 0 nitrogen and oxygen atoms in total. The van der Waals surface area contributed by atoms with Gasteiger partial charge in [0.15, 0.2) is 0 Å². The van der Waals surface area contributed by atoms with Gasteiger partial charge >= 0.3 is 0 Å². The van der Waals surface area contributed by atoms with Crippen LogP contribution in [0.15, 0.2) is 35.9 Å². The molecule has 0 saturated heterocycles. The lowest BCUT2D eigenvalue weighted by Crippen LogP contribution is -2.18. The Hall–Kier alpha value is -1.30. The molecule has 0 radical (unpaired) electrons. The highest BCUT2D eigenvalue weighted by Gasteiger charge is 2.29. The highest BCUT2D eigenvalue weighted by molar-refractivity contribution is 5.61. The number of hydrogen-bond donors (Lipinski definition) is 0. The molecule has 0 fully saturated rings. The third-order valence-electron chi connectivity index (χ3n) is 4.45. The second kappa shape index (κ2) is 3.87. The van der Waals surface area contributed by atoms with E-state index < -0.39 is 0 Å². The molecule has 0 N–H and O–H groups in total. The summed E-state index contributed by atoms with van der Waals surface area (Å²) in [5, 5.41) is 0. The average Bonchev–Trinajstić information content (AvgIpc) is 2.59. The number of benzene rings is 1. The Labute approximate surface area is 104 Å². The zero-order chi connectivity index (χ0) is 11.9. The molecule has 0 amide bonds. The maximum absolute atomic E-state index is 2.44. The van der Waals surface area contributed by atoms with E-state index in [0.29, 0.717) is 5.41 Å². The zero-order valence-corrected chi connectivity index (χ0v) is 10.8. The van der Waals surface area contributed by atoms with Crippen LogP contribution in [0.25, 0.3) is 6.08 Å². The Bertz CT molecular complexity index is 505. The zero-order valence-electron chi connectivity index (χ0n) is 10.8. The maximum Gasteiger partial charge on any atom is -0.00551 e. The van der Waals surface area contributed by atoms with E-state index >= 15 is 0 Å². The van der Waals surface area contributed by atoms with Crippen LogP contribution < -0.4 is 0 Å². The van der Waals surface area contributed by atoms with Gasteiger partial charge in [-0.2, -0.15) is 0 Å². The molecule has 0 saturated carbocycles. The lowest BCUT2D eigenvalue weighted by atomic mass is 9.77. The summed E-state index contributed by atoms with van der Waals surface area (Å²) in [5.41, 5.74) is 6.62. The lowest BCUT2D eigenvalue weighted by molar-refractivity contribution is 0.308. The first-order valence-corrected chi connectivity index (χ1v) is 6.67. The molecule has 1 unspecified atom stereocenters. The predicted octanol–water partition coefficient (Wildman–Crippen LogP) is 4.54. The first-order valence-electron chi connectivity index (χ1n) is 6.67. The van der Waals surface area contributed by atoms with E-state index in [0.717, 1.165) is 6.42 Å². The van der Waals surface area contributed by atoms with Gasteiger partial charge in [-0.3, -0.25) is 0 Å². The lowest BCUT2D eigenvalue weighted by Gasteiger charge is -2.27. The van der Waals surface area contributed by atoms with Gasteiger partial charge in [0.2, 0.25) is 0 Å². The van der Waals surface area contributed by atoms with E-state index in [4.69, 9.17) is 0 Å². The van der Waals surface area contributed by atoms with Crippen molar-refractivity contribution < 1.29 is 0 Å². The quantitative estimate of drug-likeness (QED) is 0.656. The van der Waals surface area contributed by atoms with Crippen LogP contribution in [0, 0.1) is 5.41 Å². The predicted molar refractivity (Wildman–Crippen MR) is 74.0 cm³/mol. The molecule has 0 aromatic heterocycles. The summed E-state index contributed by atoms with van der Waals surface area (Å²) in [4.78, 5) is 0. The summed E-state index contributed by atoms with van der Waals surface area (Å²) < 4.78 is 0. The van der Waals surface area contributed by atoms with Gasteiger partial charge in [0.05, 0.1) is 0 Å². The van der Waals surface area contributed by atoms with Crippen molar-refractivity contribution >= 4 is 6.08 Å². The van der Waals surface area contributed by atoms with Crippen LogP contribution in [-0.2, 0) is 12.8 Å². The van der Waals surface area contributed by atoms with Gasteiger partial charge in [-0.25, -0.2) is 0 Å². The van der Waals surface area contributed by atoms with Gasteiger partial charge in [0, 0.05) is 0 Å². The van der Waals surface area contributed by atoms with Crippen LogP contribution in [0.2, 0.25) is 0 Å². The highest BCUT2D eigenvalue weighted by Crippen LogP contribution is 2.40. The first kappa shape index (κ1) is 10.8. The SMILES string of the molecule is CCC1(C)CC2=CC=Cc3cccc(c3C2)C1. The molecule has 0 spiro atoms. The highest BCUT2D eigenvalue weighted by atomic mass is 14.3. The smallest absolute Gasteiger partial charge is 0.00551 e. The summed E-state index contributed by atoms with van der Waals surface area (Å²) in [7, 11) is 0. The van der Waals surface area contributed by atoms with Crippen molar-refractivity contribution in [2.24, 2.45) is 5.41 Å². The van der Waals surface area contributed by atoms with Crippen molar-refractivity contribution in [2.45, 2.75) is 39.5 Å². The van der Waals surface area contributed by atoms with Gasteiger partial charge in [-0.15, -0.1) is 0 Å². The number of hydrogen-bond acceptors (Lipinski definition) is 0. The fourth-order valence-electron chi connectivity index (χ4n) is 3.21. The summed E-state index contributed by atoms with van der Waals surface area (Å²) in [6.07, 6.45) is 11.7. The van der Waals surface area contributed by atoms with Gasteiger partial charge in [-0.1, -0.05) is 62.3 Å². The molecular formula is C17H20. The van der Waals surface area contributed by atoms with Crippen molar-refractivity contribution in [1.29, 1.82) is 0 Å². The Morgan fingerprint density at radius 2 is 2.12 bits per heavy atom. The second-order valence-corrected chi connectivity index (χ2v) is 5.86. The Morgan fingerprint density at radius 3 is 2.94 bits per heavy atom. The molecule has 0 heterocycles. The van der Waals surface area contributed by atoms with Gasteiger partial charge in [0.25, 0.3) is 0 Å². The third kappa shape index (κ3) is 1.86. The summed E-state index contributed by atoms with van der Waals surface area (Å²) >= 11 is 0. The summed E-state index contributed by atoms with van der Waals surface area (Å²) in [6, 6.07) is 6.79. The van der Waals surface area contributed by atoms with E-state index in [1.54, 1.807) is 16.7 Å². The number of allylic oxidation sites excluding steroid dienone is 3.